The molecule has 1 unspecified atom stereocenters. The molecule has 9 heteroatoms. The quantitative estimate of drug-likeness (QED) is 0.458. The Labute approximate surface area is 182 Å². The van der Waals surface area contributed by atoms with Gasteiger partial charge in [0, 0.05) is 22.3 Å². The van der Waals surface area contributed by atoms with Crippen molar-refractivity contribution in [3.63, 3.8) is 0 Å². The van der Waals surface area contributed by atoms with Gasteiger partial charge in [0.1, 0.15) is 24.4 Å². The molecule has 1 atom stereocenters. The molecule has 0 saturated carbocycles. The third kappa shape index (κ3) is 6.41. The zero-order valence-electron chi connectivity index (χ0n) is 16.4. The highest BCUT2D eigenvalue weighted by Crippen LogP contribution is 2.18. The Morgan fingerprint density at radius 2 is 1.87 bits per heavy atom. The number of ether oxygens (including phenoxy) is 1. The highest BCUT2D eigenvalue weighted by atomic mass is 79.9. The van der Waals surface area contributed by atoms with Crippen molar-refractivity contribution in [2.75, 3.05) is 17.2 Å². The molecule has 156 valence electrons. The van der Waals surface area contributed by atoms with Crippen LogP contribution in [0.5, 0.6) is 5.75 Å². The number of aromatic nitrogens is 3. The van der Waals surface area contributed by atoms with Crippen LogP contribution in [0.15, 0.2) is 65.7 Å². The number of benzene rings is 2. The fourth-order valence-corrected chi connectivity index (χ4v) is 3.00. The number of nitrogens with one attached hydrogen (secondary N) is 2. The topological polar surface area (TPSA) is 98.1 Å². The number of anilines is 2. The standard InChI is InChI=1S/C21H22BrN5O3/c1-15(27-14-23-13-24-27)21(29)26-18-9-7-17(8-10-18)25-20(28)6-3-11-30-19-5-2-4-16(22)12-19/h2,4-5,7-10,12-15H,3,6,11H2,1H3,(H,25,28)(H,26,29). The van der Waals surface area contributed by atoms with E-state index in [-0.39, 0.29) is 11.8 Å². The van der Waals surface area contributed by atoms with Crippen LogP contribution in [0, 0.1) is 0 Å². The summed E-state index contributed by atoms with van der Waals surface area (Å²) in [5.41, 5.74) is 1.29. The number of halogens is 1. The van der Waals surface area contributed by atoms with E-state index in [1.54, 1.807) is 31.2 Å². The summed E-state index contributed by atoms with van der Waals surface area (Å²) in [4.78, 5) is 28.2. The van der Waals surface area contributed by atoms with Gasteiger partial charge in [-0.2, -0.15) is 5.10 Å². The Balaban J connectivity index is 1.40. The molecule has 30 heavy (non-hydrogen) atoms. The second-order valence-corrected chi connectivity index (χ2v) is 7.49. The molecule has 0 aliphatic rings. The van der Waals surface area contributed by atoms with Crippen molar-refractivity contribution < 1.29 is 14.3 Å². The maximum absolute atomic E-state index is 12.3. The minimum Gasteiger partial charge on any atom is -0.494 e. The summed E-state index contributed by atoms with van der Waals surface area (Å²) in [5.74, 6) is 0.465. The average Bonchev–Trinajstić information content (AvgIpc) is 3.27. The molecule has 0 aliphatic carbocycles. The van der Waals surface area contributed by atoms with Crippen LogP contribution < -0.4 is 15.4 Å². The Hall–Kier alpha value is -3.20. The van der Waals surface area contributed by atoms with Crippen LogP contribution >= 0.6 is 15.9 Å². The first-order valence-corrected chi connectivity index (χ1v) is 10.2. The fraction of sp³-hybridized carbons (Fsp3) is 0.238. The lowest BCUT2D eigenvalue weighted by molar-refractivity contribution is -0.119. The summed E-state index contributed by atoms with van der Waals surface area (Å²) in [6.45, 7) is 2.19. The normalized spacial score (nSPS) is 11.5. The molecule has 2 N–H and O–H groups in total. The second kappa shape index (κ2) is 10.5. The lowest BCUT2D eigenvalue weighted by Crippen LogP contribution is -2.24. The lowest BCUT2D eigenvalue weighted by Gasteiger charge is -2.12. The largest absolute Gasteiger partial charge is 0.494 e. The molecule has 8 nitrogen and oxygen atoms in total. The molecule has 3 aromatic rings. The first kappa shape index (κ1) is 21.5. The molecule has 0 aliphatic heterocycles. The minimum atomic E-state index is -0.480. The summed E-state index contributed by atoms with van der Waals surface area (Å²) < 4.78 is 8.05. The average molecular weight is 472 g/mol. The van der Waals surface area contributed by atoms with Gasteiger partial charge in [-0.3, -0.25) is 9.59 Å². The van der Waals surface area contributed by atoms with Crippen molar-refractivity contribution >= 4 is 39.1 Å². The molecule has 2 amide bonds. The van der Waals surface area contributed by atoms with Gasteiger partial charge in [-0.25, -0.2) is 9.67 Å². The van der Waals surface area contributed by atoms with Gasteiger partial charge in [-0.05, 0) is 55.8 Å². The van der Waals surface area contributed by atoms with E-state index in [9.17, 15) is 9.59 Å². The van der Waals surface area contributed by atoms with Crippen LogP contribution in [-0.4, -0.2) is 33.2 Å². The number of amides is 2. The van der Waals surface area contributed by atoms with Crippen molar-refractivity contribution in [1.82, 2.24) is 14.8 Å². The number of hydrogen-bond acceptors (Lipinski definition) is 5. The third-order valence-corrected chi connectivity index (χ3v) is 4.76. The van der Waals surface area contributed by atoms with Gasteiger partial charge >= 0.3 is 0 Å². The molecule has 2 aromatic carbocycles. The van der Waals surface area contributed by atoms with E-state index in [1.165, 1.54) is 17.3 Å². The van der Waals surface area contributed by atoms with E-state index in [4.69, 9.17) is 4.74 Å². The van der Waals surface area contributed by atoms with Gasteiger partial charge in [0.2, 0.25) is 11.8 Å². The van der Waals surface area contributed by atoms with Crippen LogP contribution in [0.2, 0.25) is 0 Å². The molecule has 1 aromatic heterocycles. The van der Waals surface area contributed by atoms with E-state index in [0.717, 1.165) is 10.2 Å². The molecule has 0 spiro atoms. The number of nitrogens with zero attached hydrogens (tertiary/aromatic N) is 3. The first-order chi connectivity index (χ1) is 14.5. The minimum absolute atomic E-state index is 0.0931. The van der Waals surface area contributed by atoms with E-state index in [0.29, 0.717) is 30.8 Å². The SMILES string of the molecule is CC(C(=O)Nc1ccc(NC(=O)CCCOc2cccc(Br)c2)cc1)n1cncn1. The maximum Gasteiger partial charge on any atom is 0.249 e. The van der Waals surface area contributed by atoms with Gasteiger partial charge in [-0.1, -0.05) is 22.0 Å². The Bertz CT molecular complexity index is 977. The van der Waals surface area contributed by atoms with E-state index in [1.807, 2.05) is 24.3 Å². The van der Waals surface area contributed by atoms with Gasteiger partial charge in [0.05, 0.1) is 6.61 Å². The van der Waals surface area contributed by atoms with Crippen LogP contribution in [0.25, 0.3) is 0 Å². The predicted octanol–water partition coefficient (Wildman–Crippen LogP) is 4.04. The number of rotatable bonds is 9. The number of hydrogen-bond donors (Lipinski definition) is 2. The van der Waals surface area contributed by atoms with Crippen molar-refractivity contribution in [3.8, 4) is 5.75 Å². The molecule has 0 saturated heterocycles. The first-order valence-electron chi connectivity index (χ1n) is 9.44. The van der Waals surface area contributed by atoms with E-state index in [2.05, 4.69) is 36.6 Å². The zero-order chi connectivity index (χ0) is 21.3. The highest BCUT2D eigenvalue weighted by Gasteiger charge is 2.15. The smallest absolute Gasteiger partial charge is 0.249 e. The third-order valence-electron chi connectivity index (χ3n) is 4.26. The summed E-state index contributed by atoms with van der Waals surface area (Å²) >= 11 is 3.39. The van der Waals surface area contributed by atoms with Crippen LogP contribution in [0.1, 0.15) is 25.8 Å². The monoisotopic (exact) mass is 471 g/mol. The second-order valence-electron chi connectivity index (χ2n) is 6.58. The van der Waals surface area contributed by atoms with Crippen molar-refractivity contribution in [1.29, 1.82) is 0 Å². The molecule has 0 radical (unpaired) electrons. The van der Waals surface area contributed by atoms with Crippen LogP contribution in [-0.2, 0) is 9.59 Å². The fourth-order valence-electron chi connectivity index (χ4n) is 2.62. The van der Waals surface area contributed by atoms with Gasteiger partial charge in [-0.15, -0.1) is 0 Å². The van der Waals surface area contributed by atoms with Crippen molar-refractivity contribution in [2.45, 2.75) is 25.8 Å². The van der Waals surface area contributed by atoms with Crippen molar-refractivity contribution in [2.24, 2.45) is 0 Å². The summed E-state index contributed by atoms with van der Waals surface area (Å²) in [7, 11) is 0. The summed E-state index contributed by atoms with van der Waals surface area (Å²) in [5, 5.41) is 9.61. The van der Waals surface area contributed by atoms with Gasteiger partial charge in [0.25, 0.3) is 0 Å². The highest BCUT2D eigenvalue weighted by molar-refractivity contribution is 9.10. The zero-order valence-corrected chi connectivity index (χ0v) is 18.0. The maximum atomic E-state index is 12.3. The van der Waals surface area contributed by atoms with Gasteiger partial charge in [0.15, 0.2) is 0 Å². The molecular formula is C21H22BrN5O3. The lowest BCUT2D eigenvalue weighted by atomic mass is 10.2. The number of carbonyl (C=O) groups is 2. The van der Waals surface area contributed by atoms with Crippen LogP contribution in [0.4, 0.5) is 11.4 Å². The number of carbonyl (C=O) groups excluding carboxylic acids is 2. The molecular weight excluding hydrogens is 450 g/mol. The van der Waals surface area contributed by atoms with E-state index < -0.39 is 6.04 Å². The Morgan fingerprint density at radius 1 is 1.13 bits per heavy atom. The van der Waals surface area contributed by atoms with E-state index >= 15 is 0 Å². The molecule has 0 fully saturated rings. The summed E-state index contributed by atoms with van der Waals surface area (Å²) in [6, 6.07) is 14.0. The Morgan fingerprint density at radius 3 is 2.53 bits per heavy atom. The Kier molecular flexibility index (Phi) is 7.56. The molecule has 3 rings (SSSR count). The van der Waals surface area contributed by atoms with Crippen LogP contribution in [0.3, 0.4) is 0 Å². The predicted molar refractivity (Wildman–Crippen MR) is 117 cm³/mol. The molecule has 0 bridgehead atoms. The van der Waals surface area contributed by atoms with Crippen molar-refractivity contribution in [3.05, 3.63) is 65.7 Å². The molecule has 1 heterocycles. The summed E-state index contributed by atoms with van der Waals surface area (Å²) in [6.07, 6.45) is 3.83. The van der Waals surface area contributed by atoms with Gasteiger partial charge < -0.3 is 15.4 Å².